The van der Waals surface area contributed by atoms with Gasteiger partial charge < -0.3 is 20.1 Å². The smallest absolute Gasteiger partial charge is 0.315 e. The molecule has 132 valence electrons. The van der Waals surface area contributed by atoms with Gasteiger partial charge in [-0.2, -0.15) is 0 Å². The molecule has 2 fully saturated rings. The zero-order valence-electron chi connectivity index (χ0n) is 14.8. The van der Waals surface area contributed by atoms with E-state index in [9.17, 15) is 4.79 Å². The van der Waals surface area contributed by atoms with Crippen LogP contribution in [0.2, 0.25) is 0 Å². The lowest BCUT2D eigenvalue weighted by atomic mass is 10.0. The number of nitrogens with one attached hydrogen (secondary N) is 2. The number of urea groups is 1. The van der Waals surface area contributed by atoms with Crippen molar-refractivity contribution in [3.8, 4) is 5.75 Å². The molecular formula is C19H28N2O3. The number of hydrogen-bond acceptors (Lipinski definition) is 3. The third kappa shape index (κ3) is 4.20. The minimum Gasteiger partial charge on any atom is -0.496 e. The van der Waals surface area contributed by atoms with E-state index in [1.165, 1.54) is 12.8 Å². The molecule has 5 heteroatoms. The first-order valence-corrected chi connectivity index (χ1v) is 8.90. The van der Waals surface area contributed by atoms with Crippen molar-refractivity contribution in [2.24, 2.45) is 5.92 Å². The van der Waals surface area contributed by atoms with Crippen molar-refractivity contribution >= 4 is 6.03 Å². The minimum atomic E-state index is -0.118. The first kappa shape index (κ1) is 17.1. The monoisotopic (exact) mass is 332 g/mol. The fraction of sp³-hybridized carbons (Fsp3) is 0.632. The molecule has 0 bridgehead atoms. The summed E-state index contributed by atoms with van der Waals surface area (Å²) in [5, 5.41) is 6.15. The van der Waals surface area contributed by atoms with Crippen LogP contribution in [0.25, 0.3) is 0 Å². The Morgan fingerprint density at radius 1 is 1.33 bits per heavy atom. The van der Waals surface area contributed by atoms with Crippen LogP contribution in [0.1, 0.15) is 49.8 Å². The molecule has 2 amide bonds. The lowest BCUT2D eigenvalue weighted by Gasteiger charge is -2.30. The normalized spacial score (nSPS) is 25.0. The van der Waals surface area contributed by atoms with Gasteiger partial charge in [-0.05, 0) is 51.5 Å². The van der Waals surface area contributed by atoms with E-state index in [-0.39, 0.29) is 18.1 Å². The predicted octanol–water partition coefficient (Wildman–Crippen LogP) is 3.32. The molecule has 5 nitrogen and oxygen atoms in total. The predicted molar refractivity (Wildman–Crippen MR) is 93.3 cm³/mol. The Bertz CT molecular complexity index is 586. The van der Waals surface area contributed by atoms with E-state index >= 15 is 0 Å². The third-order valence-electron chi connectivity index (χ3n) is 5.00. The van der Waals surface area contributed by atoms with Crippen LogP contribution in [0.5, 0.6) is 5.75 Å². The van der Waals surface area contributed by atoms with E-state index in [0.717, 1.165) is 36.3 Å². The van der Waals surface area contributed by atoms with E-state index in [2.05, 4.69) is 16.7 Å². The van der Waals surface area contributed by atoms with Crippen molar-refractivity contribution < 1.29 is 14.3 Å². The molecule has 1 aliphatic carbocycles. The van der Waals surface area contributed by atoms with E-state index in [1.54, 1.807) is 7.11 Å². The van der Waals surface area contributed by atoms with Gasteiger partial charge >= 0.3 is 6.03 Å². The van der Waals surface area contributed by atoms with Gasteiger partial charge in [-0.1, -0.05) is 17.7 Å². The number of hydrogen-bond donors (Lipinski definition) is 2. The van der Waals surface area contributed by atoms with Crippen molar-refractivity contribution in [3.05, 3.63) is 29.3 Å². The molecule has 2 N–H and O–H groups in total. The zero-order valence-corrected chi connectivity index (χ0v) is 14.8. The average Bonchev–Trinajstić information content (AvgIpc) is 3.40. The number of carbonyl (C=O) groups is 1. The van der Waals surface area contributed by atoms with Gasteiger partial charge in [0.15, 0.2) is 0 Å². The summed E-state index contributed by atoms with van der Waals surface area (Å²) in [5.41, 5.74) is 2.15. The summed E-state index contributed by atoms with van der Waals surface area (Å²) in [4.78, 5) is 12.4. The molecule has 1 aromatic carbocycles. The molecule has 0 radical (unpaired) electrons. The molecular weight excluding hydrogens is 304 g/mol. The molecule has 2 aliphatic rings. The Morgan fingerprint density at radius 3 is 2.83 bits per heavy atom. The summed E-state index contributed by atoms with van der Waals surface area (Å²) < 4.78 is 11.2. The third-order valence-corrected chi connectivity index (χ3v) is 5.00. The number of aryl methyl sites for hydroxylation is 1. The fourth-order valence-electron chi connectivity index (χ4n) is 3.45. The molecule has 1 saturated carbocycles. The summed E-state index contributed by atoms with van der Waals surface area (Å²) in [6, 6.07) is 5.98. The lowest BCUT2D eigenvalue weighted by molar-refractivity contribution is -0.00917. The van der Waals surface area contributed by atoms with Crippen LogP contribution in [-0.4, -0.2) is 31.9 Å². The maximum atomic E-state index is 12.4. The molecule has 1 saturated heterocycles. The van der Waals surface area contributed by atoms with Crippen molar-refractivity contribution in [2.75, 3.05) is 13.7 Å². The van der Waals surface area contributed by atoms with Gasteiger partial charge in [0.05, 0.1) is 19.3 Å². The van der Waals surface area contributed by atoms with Crippen molar-refractivity contribution in [1.29, 1.82) is 0 Å². The minimum absolute atomic E-state index is 0.112. The Morgan fingerprint density at radius 2 is 2.12 bits per heavy atom. The van der Waals surface area contributed by atoms with E-state index in [0.29, 0.717) is 12.0 Å². The average molecular weight is 332 g/mol. The van der Waals surface area contributed by atoms with Crippen LogP contribution < -0.4 is 15.4 Å². The number of amides is 2. The standard InChI is InChI=1S/C19H28N2O3/c1-12-4-7-17(23-3)16(10-12)13(2)20-19(22)21-15-8-9-24-18(11-15)14-5-6-14/h4,7,10,13-15,18H,5-6,8-9,11H2,1-3H3,(H2,20,21,22). The summed E-state index contributed by atoms with van der Waals surface area (Å²) in [7, 11) is 1.65. The summed E-state index contributed by atoms with van der Waals surface area (Å²) in [6.45, 7) is 4.76. The molecule has 24 heavy (non-hydrogen) atoms. The van der Waals surface area contributed by atoms with E-state index in [1.807, 2.05) is 26.0 Å². The SMILES string of the molecule is COc1ccc(C)cc1C(C)NC(=O)NC1CCOC(C2CC2)C1. The number of carbonyl (C=O) groups excluding carboxylic acids is 1. The van der Waals surface area contributed by atoms with Gasteiger partial charge in [0.1, 0.15) is 5.75 Å². The largest absolute Gasteiger partial charge is 0.496 e. The Labute approximate surface area is 144 Å². The van der Waals surface area contributed by atoms with Crippen LogP contribution in [-0.2, 0) is 4.74 Å². The highest BCUT2D eigenvalue weighted by Crippen LogP contribution is 2.38. The Balaban J connectivity index is 1.55. The Kier molecular flexibility index (Phi) is 5.29. The quantitative estimate of drug-likeness (QED) is 0.869. The van der Waals surface area contributed by atoms with Gasteiger partial charge in [-0.25, -0.2) is 4.79 Å². The van der Waals surface area contributed by atoms with Gasteiger partial charge in [0.25, 0.3) is 0 Å². The lowest BCUT2D eigenvalue weighted by Crippen LogP contribution is -2.47. The fourth-order valence-corrected chi connectivity index (χ4v) is 3.45. The zero-order chi connectivity index (χ0) is 17.1. The number of benzene rings is 1. The number of ether oxygens (including phenoxy) is 2. The van der Waals surface area contributed by atoms with Gasteiger partial charge in [-0.3, -0.25) is 0 Å². The van der Waals surface area contributed by atoms with Crippen LogP contribution in [0, 0.1) is 12.8 Å². The molecule has 3 atom stereocenters. The topological polar surface area (TPSA) is 59.6 Å². The van der Waals surface area contributed by atoms with Crippen LogP contribution in [0.3, 0.4) is 0 Å². The molecule has 3 unspecified atom stereocenters. The second-order valence-electron chi connectivity index (χ2n) is 7.05. The molecule has 1 aliphatic heterocycles. The highest BCUT2D eigenvalue weighted by atomic mass is 16.5. The summed E-state index contributed by atoms with van der Waals surface area (Å²) in [5.74, 6) is 1.52. The maximum Gasteiger partial charge on any atom is 0.315 e. The van der Waals surface area contributed by atoms with Crippen LogP contribution in [0.15, 0.2) is 18.2 Å². The van der Waals surface area contributed by atoms with E-state index < -0.39 is 0 Å². The van der Waals surface area contributed by atoms with Gasteiger partial charge in [-0.15, -0.1) is 0 Å². The number of rotatable bonds is 5. The van der Waals surface area contributed by atoms with Crippen LogP contribution >= 0.6 is 0 Å². The first-order valence-electron chi connectivity index (χ1n) is 8.90. The second-order valence-corrected chi connectivity index (χ2v) is 7.05. The molecule has 1 heterocycles. The molecule has 3 rings (SSSR count). The first-order chi connectivity index (χ1) is 11.6. The molecule has 1 aromatic rings. The highest BCUT2D eigenvalue weighted by Gasteiger charge is 2.36. The number of methoxy groups -OCH3 is 1. The van der Waals surface area contributed by atoms with Crippen LogP contribution in [0.4, 0.5) is 4.79 Å². The maximum absolute atomic E-state index is 12.4. The highest BCUT2D eigenvalue weighted by molar-refractivity contribution is 5.75. The van der Waals surface area contributed by atoms with E-state index in [4.69, 9.17) is 9.47 Å². The van der Waals surface area contributed by atoms with Crippen molar-refractivity contribution in [3.63, 3.8) is 0 Å². The molecule has 0 aromatic heterocycles. The van der Waals surface area contributed by atoms with Gasteiger partial charge in [0.2, 0.25) is 0 Å². The molecule has 0 spiro atoms. The Hall–Kier alpha value is -1.75. The van der Waals surface area contributed by atoms with Crippen molar-refractivity contribution in [1.82, 2.24) is 10.6 Å². The summed E-state index contributed by atoms with van der Waals surface area (Å²) >= 11 is 0. The van der Waals surface area contributed by atoms with Gasteiger partial charge in [0, 0.05) is 18.2 Å². The second kappa shape index (κ2) is 7.43. The van der Waals surface area contributed by atoms with Crippen molar-refractivity contribution in [2.45, 2.75) is 57.7 Å². The summed E-state index contributed by atoms with van der Waals surface area (Å²) in [6.07, 6.45) is 4.69.